The molecule has 0 spiro atoms. The Bertz CT molecular complexity index is 564. The first-order valence-corrected chi connectivity index (χ1v) is 6.01. The van der Waals surface area contributed by atoms with Crippen molar-refractivity contribution in [2.24, 2.45) is 7.05 Å². The van der Waals surface area contributed by atoms with Gasteiger partial charge in [0.25, 0.3) is 0 Å². The van der Waals surface area contributed by atoms with E-state index in [1.807, 2.05) is 32.6 Å². The van der Waals surface area contributed by atoms with E-state index in [9.17, 15) is 0 Å². The highest BCUT2D eigenvalue weighted by atomic mass is 32.2. The van der Waals surface area contributed by atoms with Gasteiger partial charge in [0.2, 0.25) is 17.1 Å². The Kier molecular flexibility index (Phi) is 3.32. The summed E-state index contributed by atoms with van der Waals surface area (Å²) in [6.45, 7) is 1.88. The lowest BCUT2D eigenvalue weighted by molar-refractivity contribution is 0.760. The van der Waals surface area contributed by atoms with E-state index in [0.29, 0.717) is 16.3 Å². The summed E-state index contributed by atoms with van der Waals surface area (Å²) in [5.74, 6) is 1.53. The largest absolute Gasteiger partial charge is 0.368 e. The summed E-state index contributed by atoms with van der Waals surface area (Å²) in [6, 6.07) is 0. The van der Waals surface area contributed by atoms with Crippen molar-refractivity contribution in [2.45, 2.75) is 17.2 Å². The lowest BCUT2D eigenvalue weighted by atomic mass is 10.7. The standard InChI is InChI=1S/C9H14N8S/c1-5-14-15-9(17(5)4)18-8-12-6(10)11-7(13-8)16(2)3/h1-4H3,(H2,10,11,12,13). The summed E-state index contributed by atoms with van der Waals surface area (Å²) in [6.07, 6.45) is 0. The summed E-state index contributed by atoms with van der Waals surface area (Å²) in [5.41, 5.74) is 5.65. The van der Waals surface area contributed by atoms with Gasteiger partial charge in [-0.25, -0.2) is 0 Å². The van der Waals surface area contributed by atoms with Crippen molar-refractivity contribution < 1.29 is 0 Å². The van der Waals surface area contributed by atoms with Gasteiger partial charge in [0.15, 0.2) is 5.16 Å². The molecule has 0 unspecified atom stereocenters. The van der Waals surface area contributed by atoms with Crippen molar-refractivity contribution in [3.63, 3.8) is 0 Å². The molecule has 9 heteroatoms. The predicted octanol–water partition coefficient (Wildman–Crippen LogP) is 0.108. The van der Waals surface area contributed by atoms with Gasteiger partial charge in [-0.3, -0.25) is 0 Å². The number of hydrogen-bond acceptors (Lipinski definition) is 8. The Morgan fingerprint density at radius 2 is 1.89 bits per heavy atom. The third kappa shape index (κ3) is 2.50. The molecular formula is C9H14N8S. The average Bonchev–Trinajstić information content (AvgIpc) is 2.60. The van der Waals surface area contributed by atoms with Crippen molar-refractivity contribution in [3.8, 4) is 0 Å². The number of nitrogens with zero attached hydrogens (tertiary/aromatic N) is 7. The van der Waals surface area contributed by atoms with Crippen LogP contribution in [0.2, 0.25) is 0 Å². The van der Waals surface area contributed by atoms with Crippen LogP contribution in [0, 0.1) is 6.92 Å². The van der Waals surface area contributed by atoms with Crippen LogP contribution in [0.3, 0.4) is 0 Å². The Labute approximate surface area is 109 Å². The molecule has 0 saturated heterocycles. The van der Waals surface area contributed by atoms with E-state index in [1.54, 1.807) is 4.90 Å². The van der Waals surface area contributed by atoms with E-state index in [1.165, 1.54) is 11.8 Å². The molecule has 96 valence electrons. The Balaban J connectivity index is 2.32. The quantitative estimate of drug-likeness (QED) is 0.835. The lowest BCUT2D eigenvalue weighted by Crippen LogP contribution is -2.15. The number of hydrogen-bond donors (Lipinski definition) is 1. The Hall–Kier alpha value is -1.90. The van der Waals surface area contributed by atoms with E-state index < -0.39 is 0 Å². The molecule has 8 nitrogen and oxygen atoms in total. The van der Waals surface area contributed by atoms with Gasteiger partial charge >= 0.3 is 0 Å². The van der Waals surface area contributed by atoms with E-state index >= 15 is 0 Å². The van der Waals surface area contributed by atoms with Crippen molar-refractivity contribution in [1.29, 1.82) is 0 Å². The van der Waals surface area contributed by atoms with Crippen LogP contribution in [0.5, 0.6) is 0 Å². The van der Waals surface area contributed by atoms with E-state index in [4.69, 9.17) is 5.73 Å². The molecule has 0 saturated carbocycles. The molecule has 0 aromatic carbocycles. The van der Waals surface area contributed by atoms with Crippen molar-refractivity contribution in [3.05, 3.63) is 5.82 Å². The molecule has 0 bridgehead atoms. The lowest BCUT2D eigenvalue weighted by Gasteiger charge is -2.10. The minimum atomic E-state index is 0.190. The van der Waals surface area contributed by atoms with Gasteiger partial charge in [-0.1, -0.05) is 0 Å². The maximum absolute atomic E-state index is 5.65. The van der Waals surface area contributed by atoms with Crippen molar-refractivity contribution in [2.75, 3.05) is 24.7 Å². The van der Waals surface area contributed by atoms with Crippen LogP contribution in [0.1, 0.15) is 5.82 Å². The number of aromatic nitrogens is 6. The maximum atomic E-state index is 5.65. The van der Waals surface area contributed by atoms with Crippen LogP contribution in [-0.2, 0) is 7.05 Å². The molecule has 2 aromatic heterocycles. The van der Waals surface area contributed by atoms with Crippen LogP contribution in [0.25, 0.3) is 0 Å². The van der Waals surface area contributed by atoms with Crippen LogP contribution in [-0.4, -0.2) is 43.8 Å². The highest BCUT2D eigenvalue weighted by Gasteiger charge is 2.12. The third-order valence-corrected chi connectivity index (χ3v) is 3.16. The van der Waals surface area contributed by atoms with Crippen LogP contribution < -0.4 is 10.6 Å². The molecule has 0 fully saturated rings. The minimum absolute atomic E-state index is 0.190. The SMILES string of the molecule is Cc1nnc(Sc2nc(N)nc(N(C)C)n2)n1C. The smallest absolute Gasteiger partial charge is 0.230 e. The second kappa shape index (κ2) is 4.77. The summed E-state index contributed by atoms with van der Waals surface area (Å²) in [5, 5.41) is 9.22. The zero-order valence-corrected chi connectivity index (χ0v) is 11.4. The zero-order chi connectivity index (χ0) is 13.3. The topological polar surface area (TPSA) is 98.6 Å². The molecule has 0 atom stereocenters. The molecule has 2 heterocycles. The first-order chi connectivity index (χ1) is 8.47. The fourth-order valence-electron chi connectivity index (χ4n) is 1.16. The van der Waals surface area contributed by atoms with Gasteiger partial charge in [0, 0.05) is 21.1 Å². The molecule has 0 aliphatic carbocycles. The highest BCUT2D eigenvalue weighted by Crippen LogP contribution is 2.24. The van der Waals surface area contributed by atoms with Gasteiger partial charge < -0.3 is 15.2 Å². The molecule has 0 aliphatic heterocycles. The van der Waals surface area contributed by atoms with Gasteiger partial charge in [0.1, 0.15) is 5.82 Å². The summed E-state index contributed by atoms with van der Waals surface area (Å²) < 4.78 is 1.86. The van der Waals surface area contributed by atoms with E-state index in [-0.39, 0.29) is 5.95 Å². The van der Waals surface area contributed by atoms with E-state index in [2.05, 4.69) is 25.1 Å². The fourth-order valence-corrected chi connectivity index (χ4v) is 1.95. The van der Waals surface area contributed by atoms with Crippen LogP contribution in [0.4, 0.5) is 11.9 Å². The first-order valence-electron chi connectivity index (χ1n) is 5.20. The summed E-state index contributed by atoms with van der Waals surface area (Å²) in [7, 11) is 5.57. The monoisotopic (exact) mass is 266 g/mol. The molecule has 2 rings (SSSR count). The maximum Gasteiger partial charge on any atom is 0.230 e. The van der Waals surface area contributed by atoms with Gasteiger partial charge in [0.05, 0.1) is 0 Å². The third-order valence-electron chi connectivity index (χ3n) is 2.26. The van der Waals surface area contributed by atoms with Crippen LogP contribution in [0.15, 0.2) is 10.3 Å². The van der Waals surface area contributed by atoms with Crippen molar-refractivity contribution >= 4 is 23.7 Å². The fraction of sp³-hybridized carbons (Fsp3) is 0.444. The summed E-state index contributed by atoms with van der Waals surface area (Å²) in [4.78, 5) is 14.2. The normalized spacial score (nSPS) is 10.7. The molecular weight excluding hydrogens is 252 g/mol. The second-order valence-corrected chi connectivity index (χ2v) is 4.80. The predicted molar refractivity (Wildman–Crippen MR) is 68.4 cm³/mol. The average molecular weight is 266 g/mol. The van der Waals surface area contributed by atoms with Crippen LogP contribution >= 0.6 is 11.8 Å². The minimum Gasteiger partial charge on any atom is -0.368 e. The molecule has 18 heavy (non-hydrogen) atoms. The Morgan fingerprint density at radius 1 is 1.17 bits per heavy atom. The molecule has 2 aromatic rings. The first kappa shape index (κ1) is 12.6. The number of nitrogens with two attached hydrogens (primary N) is 1. The summed E-state index contributed by atoms with van der Waals surface area (Å²) >= 11 is 1.30. The number of rotatable bonds is 3. The number of anilines is 2. The molecule has 0 aliphatic rings. The number of nitrogen functional groups attached to an aromatic ring is 1. The highest BCUT2D eigenvalue weighted by molar-refractivity contribution is 7.99. The second-order valence-electron chi connectivity index (χ2n) is 3.86. The molecule has 0 radical (unpaired) electrons. The molecule has 2 N–H and O–H groups in total. The Morgan fingerprint density at radius 3 is 2.44 bits per heavy atom. The number of aryl methyl sites for hydroxylation is 1. The van der Waals surface area contributed by atoms with Gasteiger partial charge in [-0.05, 0) is 18.7 Å². The van der Waals surface area contributed by atoms with Gasteiger partial charge in [-0.15, -0.1) is 10.2 Å². The van der Waals surface area contributed by atoms with E-state index in [0.717, 1.165) is 5.82 Å². The molecule has 0 amide bonds. The van der Waals surface area contributed by atoms with Gasteiger partial charge in [-0.2, -0.15) is 15.0 Å². The van der Waals surface area contributed by atoms with Crippen molar-refractivity contribution in [1.82, 2.24) is 29.7 Å². The zero-order valence-electron chi connectivity index (χ0n) is 10.6.